The summed E-state index contributed by atoms with van der Waals surface area (Å²) in [6.07, 6.45) is 1.79. The fourth-order valence-corrected chi connectivity index (χ4v) is 2.97. The predicted octanol–water partition coefficient (Wildman–Crippen LogP) is 4.84. The van der Waals surface area contributed by atoms with E-state index in [0.717, 1.165) is 16.5 Å². The summed E-state index contributed by atoms with van der Waals surface area (Å²) in [4.78, 5) is 24.0. The van der Waals surface area contributed by atoms with E-state index in [4.69, 9.17) is 0 Å². The van der Waals surface area contributed by atoms with Gasteiger partial charge in [-0.15, -0.1) is 0 Å². The zero-order valence-corrected chi connectivity index (χ0v) is 14.9. The summed E-state index contributed by atoms with van der Waals surface area (Å²) < 4.78 is 1.01. The normalized spacial score (nSPS) is 14.0. The molecule has 21 heavy (non-hydrogen) atoms. The minimum absolute atomic E-state index is 0.00105. The molecular formula is C18H25BrO2. The van der Waals surface area contributed by atoms with Crippen molar-refractivity contribution in [1.29, 1.82) is 0 Å². The van der Waals surface area contributed by atoms with Crippen molar-refractivity contribution in [2.45, 2.75) is 47.0 Å². The molecule has 2 atom stereocenters. The molecule has 0 radical (unpaired) electrons. The van der Waals surface area contributed by atoms with Crippen LogP contribution < -0.4 is 0 Å². The van der Waals surface area contributed by atoms with E-state index in [0.29, 0.717) is 18.8 Å². The molecule has 1 aromatic rings. The van der Waals surface area contributed by atoms with Gasteiger partial charge in [0.25, 0.3) is 0 Å². The van der Waals surface area contributed by atoms with Crippen LogP contribution in [-0.4, -0.2) is 11.6 Å². The summed E-state index contributed by atoms with van der Waals surface area (Å²) in [7, 11) is 0. The molecule has 0 aliphatic heterocycles. The van der Waals surface area contributed by atoms with E-state index in [1.54, 1.807) is 6.92 Å². The molecule has 0 saturated carbocycles. The molecule has 2 unspecified atom stereocenters. The number of benzene rings is 1. The fourth-order valence-electron chi connectivity index (χ4n) is 2.71. The van der Waals surface area contributed by atoms with E-state index in [2.05, 4.69) is 29.8 Å². The Kier molecular flexibility index (Phi) is 7.30. The molecule has 0 aliphatic rings. The molecule has 1 aromatic carbocycles. The first kappa shape index (κ1) is 18.1. The van der Waals surface area contributed by atoms with Crippen LogP contribution in [0.4, 0.5) is 0 Å². The molecule has 1 rings (SSSR count). The molecule has 0 amide bonds. The van der Waals surface area contributed by atoms with Crippen LogP contribution in [0.3, 0.4) is 0 Å². The number of hydrogen-bond acceptors (Lipinski definition) is 2. The second-order valence-electron chi connectivity index (χ2n) is 6.37. The number of carbonyl (C=O) groups excluding carboxylic acids is 2. The summed E-state index contributed by atoms with van der Waals surface area (Å²) in [5, 5.41) is 0. The van der Waals surface area contributed by atoms with Crippen molar-refractivity contribution in [3.05, 3.63) is 34.3 Å². The second kappa shape index (κ2) is 8.47. The van der Waals surface area contributed by atoms with Crippen LogP contribution in [-0.2, 0) is 16.0 Å². The summed E-state index contributed by atoms with van der Waals surface area (Å²) in [6, 6.07) is 7.82. The van der Waals surface area contributed by atoms with E-state index in [9.17, 15) is 9.59 Å². The first-order valence-corrected chi connectivity index (χ1v) is 8.35. The van der Waals surface area contributed by atoms with Gasteiger partial charge in [0.05, 0.1) is 0 Å². The molecule has 0 fully saturated rings. The first-order valence-electron chi connectivity index (χ1n) is 7.56. The van der Waals surface area contributed by atoms with Gasteiger partial charge in [-0.1, -0.05) is 48.8 Å². The Labute approximate surface area is 136 Å². The maximum atomic E-state index is 12.2. The highest BCUT2D eigenvalue weighted by Gasteiger charge is 2.24. The SMILES string of the molecule is CC(=O)C(CC(C)C)C(C)CC(=O)Cc1ccc(Br)cc1. The van der Waals surface area contributed by atoms with Crippen LogP contribution in [0.5, 0.6) is 0 Å². The van der Waals surface area contributed by atoms with Gasteiger partial charge in [-0.05, 0) is 42.9 Å². The highest BCUT2D eigenvalue weighted by Crippen LogP contribution is 2.25. The third kappa shape index (κ3) is 6.56. The largest absolute Gasteiger partial charge is 0.300 e. The topological polar surface area (TPSA) is 34.1 Å². The van der Waals surface area contributed by atoms with Gasteiger partial charge in [-0.2, -0.15) is 0 Å². The van der Waals surface area contributed by atoms with Crippen LogP contribution in [0.15, 0.2) is 28.7 Å². The van der Waals surface area contributed by atoms with Crippen molar-refractivity contribution < 1.29 is 9.59 Å². The average Bonchev–Trinajstić information content (AvgIpc) is 2.38. The van der Waals surface area contributed by atoms with Gasteiger partial charge < -0.3 is 0 Å². The van der Waals surface area contributed by atoms with Crippen LogP contribution in [0, 0.1) is 17.8 Å². The predicted molar refractivity (Wildman–Crippen MR) is 90.3 cm³/mol. The van der Waals surface area contributed by atoms with Crippen LogP contribution in [0.2, 0.25) is 0 Å². The van der Waals surface area contributed by atoms with Crippen molar-refractivity contribution in [3.8, 4) is 0 Å². The van der Waals surface area contributed by atoms with Gasteiger partial charge in [-0.25, -0.2) is 0 Å². The number of hydrogen-bond donors (Lipinski definition) is 0. The minimum Gasteiger partial charge on any atom is -0.300 e. The lowest BCUT2D eigenvalue weighted by Gasteiger charge is -2.22. The van der Waals surface area contributed by atoms with Gasteiger partial charge >= 0.3 is 0 Å². The summed E-state index contributed by atoms with van der Waals surface area (Å²) >= 11 is 3.39. The molecule has 0 bridgehead atoms. The molecule has 0 N–H and O–H groups in total. The van der Waals surface area contributed by atoms with Crippen molar-refractivity contribution >= 4 is 27.5 Å². The Morgan fingerprint density at radius 2 is 1.67 bits per heavy atom. The summed E-state index contributed by atoms with van der Waals surface area (Å²) in [5.74, 6) is 1.00. The Balaban J connectivity index is 2.59. The lowest BCUT2D eigenvalue weighted by atomic mass is 9.81. The highest BCUT2D eigenvalue weighted by molar-refractivity contribution is 9.10. The van der Waals surface area contributed by atoms with Crippen LogP contribution in [0.1, 0.15) is 46.1 Å². The first-order chi connectivity index (χ1) is 9.79. The average molecular weight is 353 g/mol. The minimum atomic E-state index is -0.00105. The van der Waals surface area contributed by atoms with Gasteiger partial charge in [0.2, 0.25) is 0 Å². The number of Topliss-reactive ketones (excluding diaryl/α,β-unsaturated/α-hetero) is 2. The third-order valence-corrected chi connectivity index (χ3v) is 4.33. The summed E-state index contributed by atoms with van der Waals surface area (Å²) in [6.45, 7) is 7.90. The zero-order valence-electron chi connectivity index (χ0n) is 13.4. The van der Waals surface area contributed by atoms with Crippen molar-refractivity contribution in [3.63, 3.8) is 0 Å². The number of rotatable bonds is 8. The zero-order chi connectivity index (χ0) is 16.0. The van der Waals surface area contributed by atoms with Crippen LogP contribution in [0.25, 0.3) is 0 Å². The number of carbonyl (C=O) groups is 2. The van der Waals surface area contributed by atoms with Gasteiger partial charge in [0.1, 0.15) is 11.6 Å². The Morgan fingerprint density at radius 1 is 1.10 bits per heavy atom. The quantitative estimate of drug-likeness (QED) is 0.670. The van der Waals surface area contributed by atoms with E-state index in [1.807, 2.05) is 31.2 Å². The van der Waals surface area contributed by atoms with Crippen molar-refractivity contribution in [1.82, 2.24) is 0 Å². The summed E-state index contributed by atoms with van der Waals surface area (Å²) in [5.41, 5.74) is 1.03. The maximum absolute atomic E-state index is 12.2. The van der Waals surface area contributed by atoms with Crippen molar-refractivity contribution in [2.24, 2.45) is 17.8 Å². The Morgan fingerprint density at radius 3 is 2.14 bits per heavy atom. The van der Waals surface area contributed by atoms with Gasteiger partial charge in [0, 0.05) is 23.2 Å². The van der Waals surface area contributed by atoms with E-state index in [-0.39, 0.29) is 23.4 Å². The molecule has 0 spiro atoms. The standard InChI is InChI=1S/C18H25BrO2/c1-12(2)9-18(14(4)20)13(3)10-17(21)11-15-5-7-16(19)8-6-15/h5-8,12-13,18H,9-11H2,1-4H3. The Bertz CT molecular complexity index is 476. The monoisotopic (exact) mass is 352 g/mol. The third-order valence-electron chi connectivity index (χ3n) is 3.80. The molecule has 0 aromatic heterocycles. The van der Waals surface area contributed by atoms with Gasteiger partial charge in [0.15, 0.2) is 0 Å². The molecule has 0 heterocycles. The second-order valence-corrected chi connectivity index (χ2v) is 7.29. The van der Waals surface area contributed by atoms with Crippen LogP contribution >= 0.6 is 15.9 Å². The highest BCUT2D eigenvalue weighted by atomic mass is 79.9. The van der Waals surface area contributed by atoms with E-state index >= 15 is 0 Å². The molecule has 2 nitrogen and oxygen atoms in total. The maximum Gasteiger partial charge on any atom is 0.137 e. The number of halogens is 1. The molecular weight excluding hydrogens is 328 g/mol. The molecule has 0 saturated heterocycles. The van der Waals surface area contributed by atoms with Gasteiger partial charge in [-0.3, -0.25) is 9.59 Å². The smallest absolute Gasteiger partial charge is 0.137 e. The van der Waals surface area contributed by atoms with E-state index in [1.165, 1.54) is 0 Å². The fraction of sp³-hybridized carbons (Fsp3) is 0.556. The molecule has 0 aliphatic carbocycles. The number of ketones is 2. The van der Waals surface area contributed by atoms with E-state index < -0.39 is 0 Å². The lowest BCUT2D eigenvalue weighted by molar-refractivity contribution is -0.124. The lowest BCUT2D eigenvalue weighted by Crippen LogP contribution is -2.24. The van der Waals surface area contributed by atoms with Crippen molar-refractivity contribution in [2.75, 3.05) is 0 Å². The Hall–Kier alpha value is -0.960. The molecule has 3 heteroatoms. The molecule has 116 valence electrons.